The molecule has 0 aliphatic carbocycles. The molecule has 0 spiro atoms. The van der Waals surface area contributed by atoms with Gasteiger partial charge in [-0.1, -0.05) is 0 Å². The Labute approximate surface area is 113 Å². The van der Waals surface area contributed by atoms with Crippen molar-refractivity contribution >= 4 is 27.3 Å². The smallest absolute Gasteiger partial charge is 0.345 e. The molecule has 0 fully saturated rings. The summed E-state index contributed by atoms with van der Waals surface area (Å²) in [7, 11) is -2.25. The molecule has 2 heterocycles. The highest BCUT2D eigenvalue weighted by Crippen LogP contribution is 2.25. The Bertz CT molecular complexity index is 672. The van der Waals surface area contributed by atoms with Gasteiger partial charge in [0, 0.05) is 19.2 Å². The van der Waals surface area contributed by atoms with E-state index in [1.807, 2.05) is 0 Å². The van der Waals surface area contributed by atoms with Crippen LogP contribution in [0.2, 0.25) is 0 Å². The van der Waals surface area contributed by atoms with Crippen molar-refractivity contribution in [3.63, 3.8) is 0 Å². The highest BCUT2D eigenvalue weighted by molar-refractivity contribution is 7.91. The maximum Gasteiger partial charge on any atom is 0.345 e. The number of carboxylic acids is 1. The van der Waals surface area contributed by atoms with Gasteiger partial charge in [-0.15, -0.1) is 11.3 Å². The molecule has 0 aromatic carbocycles. The quantitative estimate of drug-likeness (QED) is 0.910. The van der Waals surface area contributed by atoms with Crippen LogP contribution in [0.5, 0.6) is 0 Å². The van der Waals surface area contributed by atoms with E-state index in [0.29, 0.717) is 0 Å². The lowest BCUT2D eigenvalue weighted by atomic mass is 10.3. The van der Waals surface area contributed by atoms with Crippen LogP contribution in [0.1, 0.15) is 15.2 Å². The van der Waals surface area contributed by atoms with Gasteiger partial charge in [0.15, 0.2) is 0 Å². The SMILES string of the molecule is CN(Cc1ccoc1)S(=O)(=O)c1ccc(C(=O)O)s1. The monoisotopic (exact) mass is 301 g/mol. The third-order valence-electron chi connectivity index (χ3n) is 2.44. The molecule has 6 nitrogen and oxygen atoms in total. The van der Waals surface area contributed by atoms with Crippen molar-refractivity contribution in [1.29, 1.82) is 0 Å². The zero-order valence-corrected chi connectivity index (χ0v) is 11.6. The third kappa shape index (κ3) is 2.86. The predicted molar refractivity (Wildman–Crippen MR) is 68.6 cm³/mol. The van der Waals surface area contributed by atoms with Gasteiger partial charge in [0.1, 0.15) is 9.09 Å². The number of nitrogens with zero attached hydrogens (tertiary/aromatic N) is 1. The fourth-order valence-corrected chi connectivity index (χ4v) is 3.97. The van der Waals surface area contributed by atoms with Gasteiger partial charge in [0.2, 0.25) is 0 Å². The molecule has 2 rings (SSSR count). The Hall–Kier alpha value is -1.64. The Kier molecular flexibility index (Phi) is 3.74. The molecular weight excluding hydrogens is 290 g/mol. The van der Waals surface area contributed by atoms with Crippen molar-refractivity contribution < 1.29 is 22.7 Å². The first-order chi connectivity index (χ1) is 8.91. The lowest BCUT2D eigenvalue weighted by Crippen LogP contribution is -2.25. The Morgan fingerprint density at radius 1 is 1.42 bits per heavy atom. The van der Waals surface area contributed by atoms with Crippen molar-refractivity contribution in [2.45, 2.75) is 10.8 Å². The number of rotatable bonds is 5. The van der Waals surface area contributed by atoms with Crippen molar-refractivity contribution in [3.8, 4) is 0 Å². The fourth-order valence-electron chi connectivity index (χ4n) is 1.45. The molecule has 0 atom stereocenters. The van der Waals surface area contributed by atoms with Crippen LogP contribution < -0.4 is 0 Å². The summed E-state index contributed by atoms with van der Waals surface area (Å²) in [5, 5.41) is 8.80. The number of thiophene rings is 1. The molecule has 0 saturated heterocycles. The molecule has 0 aliphatic heterocycles. The average Bonchev–Trinajstić information content (AvgIpc) is 2.99. The summed E-state index contributed by atoms with van der Waals surface area (Å²) in [6, 6.07) is 4.25. The highest BCUT2D eigenvalue weighted by atomic mass is 32.2. The first-order valence-corrected chi connectivity index (χ1v) is 7.47. The maximum absolute atomic E-state index is 12.2. The molecule has 8 heteroatoms. The molecule has 0 amide bonds. The van der Waals surface area contributed by atoms with Gasteiger partial charge in [-0.2, -0.15) is 4.31 Å². The summed E-state index contributed by atoms with van der Waals surface area (Å²) in [5.74, 6) is -1.14. The number of carbonyl (C=O) groups is 1. The number of aromatic carboxylic acids is 1. The summed E-state index contributed by atoms with van der Waals surface area (Å²) in [4.78, 5) is 10.8. The van der Waals surface area contributed by atoms with Crippen LogP contribution in [0.3, 0.4) is 0 Å². The molecule has 19 heavy (non-hydrogen) atoms. The molecule has 2 aromatic heterocycles. The van der Waals surface area contributed by atoms with Crippen LogP contribution in [-0.4, -0.2) is 30.8 Å². The third-order valence-corrected chi connectivity index (χ3v) is 5.79. The molecule has 0 radical (unpaired) electrons. The van der Waals surface area contributed by atoms with Crippen LogP contribution in [0.25, 0.3) is 0 Å². The Balaban J connectivity index is 2.23. The summed E-state index contributed by atoms with van der Waals surface area (Å²) in [6.45, 7) is 0.166. The lowest BCUT2D eigenvalue weighted by Gasteiger charge is -2.14. The molecule has 0 unspecified atom stereocenters. The first kappa shape index (κ1) is 13.8. The molecule has 2 aromatic rings. The minimum absolute atomic E-state index is 0.00436. The van der Waals surface area contributed by atoms with E-state index >= 15 is 0 Å². The second-order valence-electron chi connectivity index (χ2n) is 3.82. The van der Waals surface area contributed by atoms with E-state index in [1.54, 1.807) is 6.07 Å². The van der Waals surface area contributed by atoms with Crippen LogP contribution in [0.15, 0.2) is 39.4 Å². The highest BCUT2D eigenvalue weighted by Gasteiger charge is 2.24. The summed E-state index contributed by atoms with van der Waals surface area (Å²) in [6.07, 6.45) is 2.92. The topological polar surface area (TPSA) is 87.8 Å². The molecule has 0 aliphatic rings. The number of furan rings is 1. The first-order valence-electron chi connectivity index (χ1n) is 5.22. The zero-order chi connectivity index (χ0) is 14.0. The maximum atomic E-state index is 12.2. The summed E-state index contributed by atoms with van der Waals surface area (Å²) in [5.41, 5.74) is 0.723. The molecule has 102 valence electrons. The second-order valence-corrected chi connectivity index (χ2v) is 7.17. The van der Waals surface area contributed by atoms with Gasteiger partial charge < -0.3 is 9.52 Å². The lowest BCUT2D eigenvalue weighted by molar-refractivity contribution is 0.0702. The van der Waals surface area contributed by atoms with Crippen LogP contribution in [-0.2, 0) is 16.6 Å². The molecule has 0 saturated carbocycles. The van der Waals surface area contributed by atoms with Gasteiger partial charge in [0.25, 0.3) is 10.0 Å². The number of carboxylic acid groups (broad SMARTS) is 1. The number of sulfonamides is 1. The second kappa shape index (κ2) is 5.16. The standard InChI is InChI=1S/C11H11NO5S2/c1-12(6-8-4-5-17-7-8)19(15,16)10-3-2-9(18-10)11(13)14/h2-5,7H,6H2,1H3,(H,13,14). The molecule has 1 N–H and O–H groups in total. The van der Waals surface area contributed by atoms with Crippen LogP contribution in [0, 0.1) is 0 Å². The van der Waals surface area contributed by atoms with Crippen molar-refractivity contribution in [1.82, 2.24) is 4.31 Å². The van der Waals surface area contributed by atoms with Crippen molar-refractivity contribution in [2.24, 2.45) is 0 Å². The zero-order valence-electron chi connectivity index (χ0n) is 9.94. The molecular formula is C11H11NO5S2. The van der Waals surface area contributed by atoms with E-state index in [-0.39, 0.29) is 15.6 Å². The minimum atomic E-state index is -3.68. The molecule has 0 bridgehead atoms. The van der Waals surface area contributed by atoms with E-state index in [9.17, 15) is 13.2 Å². The summed E-state index contributed by atoms with van der Waals surface area (Å²) < 4.78 is 30.4. The van der Waals surface area contributed by atoms with Gasteiger partial charge >= 0.3 is 5.97 Å². The van der Waals surface area contributed by atoms with Gasteiger partial charge in [-0.25, -0.2) is 13.2 Å². The van der Waals surface area contributed by atoms with Gasteiger partial charge in [0.05, 0.1) is 12.5 Å². The largest absolute Gasteiger partial charge is 0.477 e. The van der Waals surface area contributed by atoms with Gasteiger partial charge in [-0.3, -0.25) is 0 Å². The average molecular weight is 301 g/mol. The van der Waals surface area contributed by atoms with E-state index < -0.39 is 16.0 Å². The Morgan fingerprint density at radius 3 is 2.68 bits per heavy atom. The van der Waals surface area contributed by atoms with Crippen LogP contribution in [0.4, 0.5) is 0 Å². The number of hydrogen-bond donors (Lipinski definition) is 1. The minimum Gasteiger partial charge on any atom is -0.477 e. The normalized spacial score (nSPS) is 11.9. The van der Waals surface area contributed by atoms with E-state index in [0.717, 1.165) is 21.2 Å². The van der Waals surface area contributed by atoms with Crippen molar-refractivity contribution in [2.75, 3.05) is 7.05 Å². The summed E-state index contributed by atoms with van der Waals surface area (Å²) >= 11 is 0.736. The van der Waals surface area contributed by atoms with E-state index in [4.69, 9.17) is 9.52 Å². The fraction of sp³-hybridized carbons (Fsp3) is 0.182. The Morgan fingerprint density at radius 2 is 2.16 bits per heavy atom. The van der Waals surface area contributed by atoms with Gasteiger partial charge in [-0.05, 0) is 18.2 Å². The van der Waals surface area contributed by atoms with E-state index in [1.165, 1.54) is 31.7 Å². The predicted octanol–water partition coefficient (Wildman–Crippen LogP) is 1.86. The van der Waals surface area contributed by atoms with E-state index in [2.05, 4.69) is 0 Å². The van der Waals surface area contributed by atoms with Crippen LogP contribution >= 0.6 is 11.3 Å². The number of hydrogen-bond acceptors (Lipinski definition) is 5. The van der Waals surface area contributed by atoms with Crippen molar-refractivity contribution in [3.05, 3.63) is 41.2 Å².